The zero-order chi connectivity index (χ0) is 18.4. The van der Waals surface area contributed by atoms with Crippen molar-refractivity contribution >= 4 is 0 Å². The predicted molar refractivity (Wildman–Crippen MR) is 109 cm³/mol. The predicted octanol–water partition coefficient (Wildman–Crippen LogP) is 1.89. The lowest BCUT2D eigenvalue weighted by molar-refractivity contribution is 0.0779. The molecule has 5 N–H and O–H groups in total. The lowest BCUT2D eigenvalue weighted by Crippen LogP contribution is -2.58. The second kappa shape index (κ2) is 8.61. The fourth-order valence-electron chi connectivity index (χ4n) is 4.18. The third-order valence-electron chi connectivity index (χ3n) is 5.55. The van der Waals surface area contributed by atoms with Crippen molar-refractivity contribution in [2.24, 2.45) is 0 Å². The van der Waals surface area contributed by atoms with E-state index in [-0.39, 0.29) is 5.54 Å². The van der Waals surface area contributed by atoms with E-state index in [2.05, 4.69) is 66.9 Å². The molecule has 0 radical (unpaired) electrons. The van der Waals surface area contributed by atoms with Gasteiger partial charge in [0, 0.05) is 93.3 Å². The van der Waals surface area contributed by atoms with Crippen molar-refractivity contribution in [2.75, 3.05) is 32.7 Å². The summed E-state index contributed by atoms with van der Waals surface area (Å²) < 4.78 is 0. The largest absolute Gasteiger partial charge is 0.365 e. The average molecular weight is 367 g/mol. The Morgan fingerprint density at radius 2 is 1.33 bits per heavy atom. The molecule has 0 saturated carbocycles. The number of aromatic amines is 3. The van der Waals surface area contributed by atoms with Crippen LogP contribution in [0.1, 0.15) is 17.1 Å². The molecular weight excluding hydrogens is 336 g/mol. The van der Waals surface area contributed by atoms with Gasteiger partial charge in [-0.15, -0.1) is 0 Å². The highest BCUT2D eigenvalue weighted by atomic mass is 15.2. The first kappa shape index (κ1) is 18.1. The number of hydrogen-bond acceptors (Lipinski definition) is 3. The molecule has 0 unspecified atom stereocenters. The smallest absolute Gasteiger partial charge is 0.0447 e. The van der Waals surface area contributed by atoms with Gasteiger partial charge in [-0.25, -0.2) is 0 Å². The Morgan fingerprint density at radius 3 is 1.93 bits per heavy atom. The first-order valence-corrected chi connectivity index (χ1v) is 9.87. The van der Waals surface area contributed by atoms with Gasteiger partial charge in [0.25, 0.3) is 0 Å². The highest BCUT2D eigenvalue weighted by Crippen LogP contribution is 2.27. The highest BCUT2D eigenvalue weighted by Gasteiger charge is 2.38. The molecule has 6 heteroatoms. The van der Waals surface area contributed by atoms with Crippen LogP contribution in [0.25, 0.3) is 0 Å². The van der Waals surface area contributed by atoms with E-state index in [0.717, 1.165) is 52.1 Å². The van der Waals surface area contributed by atoms with E-state index in [1.54, 1.807) is 0 Å². The van der Waals surface area contributed by atoms with Gasteiger partial charge in [0.05, 0.1) is 0 Å². The standard InChI is InChI=1S/C21H30N6/c1-4-18(24-7-1)14-21(15-19-5-2-8-25-19)17-23-11-10-22-12-13-27(21)16-20-6-3-9-26-20/h1-9,22-26H,10-17H2. The van der Waals surface area contributed by atoms with Crippen LogP contribution in [0.4, 0.5) is 0 Å². The van der Waals surface area contributed by atoms with Crippen molar-refractivity contribution < 1.29 is 0 Å². The SMILES string of the molecule is c1c[nH]c(CN2CCNCCNCC2(Cc2ccc[nH]2)Cc2ccc[nH]2)c1. The number of aromatic nitrogens is 3. The van der Waals surface area contributed by atoms with Crippen molar-refractivity contribution in [1.29, 1.82) is 0 Å². The first-order valence-electron chi connectivity index (χ1n) is 9.87. The van der Waals surface area contributed by atoms with Crippen LogP contribution in [-0.4, -0.2) is 58.1 Å². The molecule has 3 aromatic rings. The molecule has 0 atom stereocenters. The molecular formula is C21H30N6. The van der Waals surface area contributed by atoms with Gasteiger partial charge in [0.15, 0.2) is 0 Å². The summed E-state index contributed by atoms with van der Waals surface area (Å²) in [5.74, 6) is 0. The van der Waals surface area contributed by atoms with Crippen molar-refractivity contribution in [3.05, 3.63) is 72.1 Å². The minimum atomic E-state index is -0.0210. The Hall–Kier alpha value is -2.28. The minimum Gasteiger partial charge on any atom is -0.365 e. The third kappa shape index (κ3) is 4.53. The van der Waals surface area contributed by atoms with Crippen LogP contribution in [0.3, 0.4) is 0 Å². The normalized spacial score (nSPS) is 18.7. The first-order chi connectivity index (χ1) is 13.3. The van der Waals surface area contributed by atoms with E-state index in [9.17, 15) is 0 Å². The molecule has 27 heavy (non-hydrogen) atoms. The van der Waals surface area contributed by atoms with Gasteiger partial charge < -0.3 is 25.6 Å². The summed E-state index contributed by atoms with van der Waals surface area (Å²) in [6.45, 7) is 5.89. The van der Waals surface area contributed by atoms with Crippen molar-refractivity contribution in [3.63, 3.8) is 0 Å². The molecule has 4 rings (SSSR count). The van der Waals surface area contributed by atoms with Gasteiger partial charge in [0.2, 0.25) is 0 Å². The molecule has 1 saturated heterocycles. The second-order valence-electron chi connectivity index (χ2n) is 7.51. The van der Waals surface area contributed by atoms with E-state index < -0.39 is 0 Å². The summed E-state index contributed by atoms with van der Waals surface area (Å²) in [7, 11) is 0. The van der Waals surface area contributed by atoms with Crippen molar-refractivity contribution in [3.8, 4) is 0 Å². The summed E-state index contributed by atoms with van der Waals surface area (Å²) in [6, 6.07) is 12.9. The summed E-state index contributed by atoms with van der Waals surface area (Å²) >= 11 is 0. The fraction of sp³-hybridized carbons (Fsp3) is 0.429. The topological polar surface area (TPSA) is 74.7 Å². The Balaban J connectivity index is 1.69. The molecule has 6 nitrogen and oxygen atoms in total. The molecule has 1 fully saturated rings. The zero-order valence-electron chi connectivity index (χ0n) is 15.8. The van der Waals surface area contributed by atoms with E-state index >= 15 is 0 Å². The quantitative estimate of drug-likeness (QED) is 0.463. The maximum Gasteiger partial charge on any atom is 0.0447 e. The molecule has 3 aromatic heterocycles. The van der Waals surface area contributed by atoms with Crippen LogP contribution >= 0.6 is 0 Å². The molecule has 0 aromatic carbocycles. The van der Waals surface area contributed by atoms with Gasteiger partial charge in [-0.1, -0.05) is 0 Å². The number of H-pyrrole nitrogens is 3. The van der Waals surface area contributed by atoms with Crippen molar-refractivity contribution in [1.82, 2.24) is 30.5 Å². The van der Waals surface area contributed by atoms with E-state index in [1.807, 2.05) is 18.6 Å². The van der Waals surface area contributed by atoms with Crippen molar-refractivity contribution in [2.45, 2.75) is 24.9 Å². The summed E-state index contributed by atoms with van der Waals surface area (Å²) in [4.78, 5) is 12.9. The Bertz CT molecular complexity index is 724. The molecule has 4 heterocycles. The van der Waals surface area contributed by atoms with E-state index in [4.69, 9.17) is 0 Å². The molecule has 1 aliphatic heterocycles. The lowest BCUT2D eigenvalue weighted by Gasteiger charge is -2.44. The Morgan fingerprint density at radius 1 is 0.741 bits per heavy atom. The number of nitrogens with zero attached hydrogens (tertiary/aromatic N) is 1. The Labute approximate surface area is 160 Å². The van der Waals surface area contributed by atoms with Crippen LogP contribution in [0.2, 0.25) is 0 Å². The van der Waals surface area contributed by atoms with Crippen LogP contribution in [-0.2, 0) is 19.4 Å². The maximum absolute atomic E-state index is 3.71. The molecule has 0 bridgehead atoms. The number of rotatable bonds is 6. The molecule has 0 aliphatic carbocycles. The van der Waals surface area contributed by atoms with Gasteiger partial charge in [-0.2, -0.15) is 0 Å². The minimum absolute atomic E-state index is 0.0210. The number of hydrogen-bond donors (Lipinski definition) is 5. The van der Waals surface area contributed by atoms with Crippen LogP contribution in [0.5, 0.6) is 0 Å². The molecule has 0 spiro atoms. The van der Waals surface area contributed by atoms with Gasteiger partial charge in [-0.05, 0) is 36.4 Å². The van der Waals surface area contributed by atoms with E-state index in [0.29, 0.717) is 0 Å². The van der Waals surface area contributed by atoms with Gasteiger partial charge >= 0.3 is 0 Å². The summed E-state index contributed by atoms with van der Waals surface area (Å²) in [5, 5.41) is 7.27. The Kier molecular flexibility index (Phi) is 5.77. The zero-order valence-corrected chi connectivity index (χ0v) is 15.8. The fourth-order valence-corrected chi connectivity index (χ4v) is 4.18. The average Bonchev–Trinajstić information content (AvgIpc) is 3.43. The highest BCUT2D eigenvalue weighted by molar-refractivity contribution is 5.17. The molecule has 144 valence electrons. The monoisotopic (exact) mass is 366 g/mol. The van der Waals surface area contributed by atoms with Crippen LogP contribution < -0.4 is 10.6 Å². The lowest BCUT2D eigenvalue weighted by atomic mass is 9.85. The van der Waals surface area contributed by atoms with Gasteiger partial charge in [-0.3, -0.25) is 4.90 Å². The van der Waals surface area contributed by atoms with Crippen LogP contribution in [0.15, 0.2) is 55.0 Å². The maximum atomic E-state index is 3.71. The molecule has 0 amide bonds. The molecule has 1 aliphatic rings. The van der Waals surface area contributed by atoms with Crippen LogP contribution in [0, 0.1) is 0 Å². The van der Waals surface area contributed by atoms with E-state index in [1.165, 1.54) is 17.1 Å². The second-order valence-corrected chi connectivity index (χ2v) is 7.51. The number of nitrogens with one attached hydrogen (secondary N) is 5. The summed E-state index contributed by atoms with van der Waals surface area (Å²) in [5.41, 5.74) is 3.81. The third-order valence-corrected chi connectivity index (χ3v) is 5.55. The van der Waals surface area contributed by atoms with Gasteiger partial charge in [0.1, 0.15) is 0 Å². The summed E-state index contributed by atoms with van der Waals surface area (Å²) in [6.07, 6.45) is 8.02.